The van der Waals surface area contributed by atoms with Crippen LogP contribution < -0.4 is 4.90 Å². The lowest BCUT2D eigenvalue weighted by Gasteiger charge is -2.25. The second-order valence-corrected chi connectivity index (χ2v) is 8.08. The normalized spacial score (nSPS) is 16.2. The minimum absolute atomic E-state index is 0.684. The van der Waals surface area contributed by atoms with Crippen LogP contribution in [0.25, 0.3) is 10.9 Å². The Morgan fingerprint density at radius 3 is 2.88 bits per heavy atom. The minimum Gasteiger partial charge on any atom is -0.370 e. The van der Waals surface area contributed by atoms with E-state index in [9.17, 15) is 0 Å². The summed E-state index contributed by atoms with van der Waals surface area (Å²) in [6.45, 7) is 5.10. The highest BCUT2D eigenvalue weighted by Gasteiger charge is 2.18. The van der Waals surface area contributed by atoms with E-state index in [0.717, 1.165) is 54.5 Å². The van der Waals surface area contributed by atoms with Crippen molar-refractivity contribution in [1.82, 2.24) is 19.7 Å². The molecule has 26 heavy (non-hydrogen) atoms. The molecule has 0 N–H and O–H groups in total. The standard InChI is InChI=1S/C19H21BrClN5/c1-24-12-14(11-23-24)13-25-5-2-6-26(8-7-25)18-3-4-22-19-16(18)9-15(20)10-17(19)21/h3-4,9-12H,2,5-8,13H2,1H3. The van der Waals surface area contributed by atoms with Crippen molar-refractivity contribution in [2.75, 3.05) is 31.1 Å². The molecule has 0 aliphatic carbocycles. The van der Waals surface area contributed by atoms with Crippen molar-refractivity contribution in [2.24, 2.45) is 7.05 Å². The van der Waals surface area contributed by atoms with E-state index in [1.807, 2.05) is 30.2 Å². The molecule has 5 nitrogen and oxygen atoms in total. The zero-order valence-corrected chi connectivity index (χ0v) is 17.0. The van der Waals surface area contributed by atoms with Crippen molar-refractivity contribution >= 4 is 44.1 Å². The monoisotopic (exact) mass is 433 g/mol. The van der Waals surface area contributed by atoms with Gasteiger partial charge in [-0.1, -0.05) is 27.5 Å². The fraction of sp³-hybridized carbons (Fsp3) is 0.368. The Morgan fingerprint density at radius 1 is 1.19 bits per heavy atom. The highest BCUT2D eigenvalue weighted by Crippen LogP contribution is 2.33. The number of halogens is 2. The van der Waals surface area contributed by atoms with Gasteiger partial charge in [-0.25, -0.2) is 0 Å². The number of fused-ring (bicyclic) bond motifs is 1. The molecule has 0 atom stereocenters. The Labute approximate surface area is 166 Å². The van der Waals surface area contributed by atoms with Crippen LogP contribution >= 0.6 is 27.5 Å². The molecule has 136 valence electrons. The predicted molar refractivity (Wildman–Crippen MR) is 110 cm³/mol. The third kappa shape index (κ3) is 3.72. The summed E-state index contributed by atoms with van der Waals surface area (Å²) in [5.41, 5.74) is 3.34. The van der Waals surface area contributed by atoms with Gasteiger partial charge in [0.25, 0.3) is 0 Å². The molecular formula is C19H21BrClN5. The van der Waals surface area contributed by atoms with Gasteiger partial charge >= 0.3 is 0 Å². The first-order chi connectivity index (χ1) is 12.6. The smallest absolute Gasteiger partial charge is 0.0909 e. The van der Waals surface area contributed by atoms with Crippen LogP contribution in [0.3, 0.4) is 0 Å². The van der Waals surface area contributed by atoms with Gasteiger partial charge in [0.05, 0.1) is 16.7 Å². The maximum atomic E-state index is 6.39. The number of hydrogen-bond donors (Lipinski definition) is 0. The summed E-state index contributed by atoms with van der Waals surface area (Å²) < 4.78 is 2.85. The summed E-state index contributed by atoms with van der Waals surface area (Å²) in [6, 6.07) is 6.11. The quantitative estimate of drug-likeness (QED) is 0.622. The molecule has 1 aliphatic heterocycles. The lowest BCUT2D eigenvalue weighted by molar-refractivity contribution is 0.285. The average molecular weight is 435 g/mol. The third-order valence-corrected chi connectivity index (χ3v) is 5.58. The van der Waals surface area contributed by atoms with E-state index in [4.69, 9.17) is 11.6 Å². The number of nitrogens with zero attached hydrogens (tertiary/aromatic N) is 5. The van der Waals surface area contributed by atoms with Crippen LogP contribution in [0.15, 0.2) is 41.3 Å². The molecule has 1 fully saturated rings. The van der Waals surface area contributed by atoms with Crippen LogP contribution in [-0.2, 0) is 13.6 Å². The van der Waals surface area contributed by atoms with Gasteiger partial charge in [0.1, 0.15) is 0 Å². The molecule has 7 heteroatoms. The second-order valence-electron chi connectivity index (χ2n) is 6.75. The molecule has 0 bridgehead atoms. The second kappa shape index (κ2) is 7.55. The first-order valence-corrected chi connectivity index (χ1v) is 9.96. The van der Waals surface area contributed by atoms with Crippen molar-refractivity contribution < 1.29 is 0 Å². The fourth-order valence-corrected chi connectivity index (χ4v) is 4.48. The molecule has 2 aromatic heterocycles. The molecule has 3 aromatic rings. The van der Waals surface area contributed by atoms with Gasteiger partial charge in [0.15, 0.2) is 0 Å². The lowest BCUT2D eigenvalue weighted by Crippen LogP contribution is -2.30. The van der Waals surface area contributed by atoms with Gasteiger partial charge in [-0.2, -0.15) is 5.10 Å². The number of rotatable bonds is 3. The Kier molecular flexibility index (Phi) is 5.16. The molecule has 1 aliphatic rings. The van der Waals surface area contributed by atoms with Gasteiger partial charge in [-0.05, 0) is 24.6 Å². The highest BCUT2D eigenvalue weighted by molar-refractivity contribution is 9.10. The van der Waals surface area contributed by atoms with Crippen molar-refractivity contribution in [3.05, 3.63) is 51.8 Å². The topological polar surface area (TPSA) is 37.2 Å². The molecule has 0 radical (unpaired) electrons. The summed E-state index contributed by atoms with van der Waals surface area (Å²) >= 11 is 9.95. The number of benzene rings is 1. The van der Waals surface area contributed by atoms with Gasteiger partial charge in [-0.15, -0.1) is 0 Å². The Morgan fingerprint density at radius 2 is 2.08 bits per heavy atom. The largest absolute Gasteiger partial charge is 0.370 e. The average Bonchev–Trinajstić information content (AvgIpc) is 2.88. The van der Waals surface area contributed by atoms with Gasteiger partial charge in [0, 0.05) is 73.3 Å². The van der Waals surface area contributed by atoms with Crippen LogP contribution in [0.4, 0.5) is 5.69 Å². The number of hydrogen-bond acceptors (Lipinski definition) is 4. The lowest BCUT2D eigenvalue weighted by atomic mass is 10.1. The Balaban J connectivity index is 1.55. The minimum atomic E-state index is 0.684. The number of pyridine rings is 1. The van der Waals surface area contributed by atoms with Crippen LogP contribution in [0, 0.1) is 0 Å². The number of aryl methyl sites for hydroxylation is 1. The molecule has 0 amide bonds. The van der Waals surface area contributed by atoms with Crippen LogP contribution in [0.1, 0.15) is 12.0 Å². The van der Waals surface area contributed by atoms with E-state index < -0.39 is 0 Å². The van der Waals surface area contributed by atoms with Crippen molar-refractivity contribution in [3.63, 3.8) is 0 Å². The van der Waals surface area contributed by atoms with Crippen LogP contribution in [0.5, 0.6) is 0 Å². The van der Waals surface area contributed by atoms with Crippen LogP contribution in [0.2, 0.25) is 5.02 Å². The summed E-state index contributed by atoms with van der Waals surface area (Å²) in [5.74, 6) is 0. The molecule has 4 rings (SSSR count). The summed E-state index contributed by atoms with van der Waals surface area (Å²) in [4.78, 5) is 9.43. The zero-order chi connectivity index (χ0) is 18.1. The van der Waals surface area contributed by atoms with E-state index in [1.54, 1.807) is 0 Å². The Bertz CT molecular complexity index is 925. The maximum absolute atomic E-state index is 6.39. The summed E-state index contributed by atoms with van der Waals surface area (Å²) in [5, 5.41) is 6.06. The first kappa shape index (κ1) is 17.8. The van der Waals surface area contributed by atoms with Gasteiger partial charge in [0.2, 0.25) is 0 Å². The van der Waals surface area contributed by atoms with E-state index in [2.05, 4.69) is 54.1 Å². The van der Waals surface area contributed by atoms with Crippen LogP contribution in [-0.4, -0.2) is 45.8 Å². The number of anilines is 1. The van der Waals surface area contributed by atoms with Crippen molar-refractivity contribution in [2.45, 2.75) is 13.0 Å². The van der Waals surface area contributed by atoms with Crippen molar-refractivity contribution in [1.29, 1.82) is 0 Å². The van der Waals surface area contributed by atoms with E-state index in [0.29, 0.717) is 5.02 Å². The Hall–Kier alpha value is -1.63. The summed E-state index contributed by atoms with van der Waals surface area (Å²) in [6.07, 6.45) is 7.04. The molecule has 0 spiro atoms. The fourth-order valence-electron chi connectivity index (χ4n) is 3.62. The molecule has 3 heterocycles. The van der Waals surface area contributed by atoms with E-state index in [1.165, 1.54) is 11.3 Å². The third-order valence-electron chi connectivity index (χ3n) is 4.83. The maximum Gasteiger partial charge on any atom is 0.0909 e. The van der Waals surface area contributed by atoms with Crippen molar-refractivity contribution in [3.8, 4) is 0 Å². The van der Waals surface area contributed by atoms with E-state index >= 15 is 0 Å². The molecular weight excluding hydrogens is 414 g/mol. The van der Waals surface area contributed by atoms with E-state index in [-0.39, 0.29) is 0 Å². The molecule has 1 saturated heterocycles. The zero-order valence-electron chi connectivity index (χ0n) is 14.7. The number of aromatic nitrogens is 3. The first-order valence-electron chi connectivity index (χ1n) is 8.79. The predicted octanol–water partition coefficient (Wildman–Crippen LogP) is 4.10. The highest BCUT2D eigenvalue weighted by atomic mass is 79.9. The molecule has 0 unspecified atom stereocenters. The molecule has 0 saturated carbocycles. The van der Waals surface area contributed by atoms with Gasteiger partial charge in [-0.3, -0.25) is 14.6 Å². The van der Waals surface area contributed by atoms with Gasteiger partial charge < -0.3 is 4.90 Å². The summed E-state index contributed by atoms with van der Waals surface area (Å²) in [7, 11) is 1.96. The molecule has 1 aromatic carbocycles. The SMILES string of the molecule is Cn1cc(CN2CCCN(c3ccnc4c(Cl)cc(Br)cc34)CC2)cn1.